The van der Waals surface area contributed by atoms with Gasteiger partial charge in [-0.15, -0.1) is 0 Å². The predicted octanol–water partition coefficient (Wildman–Crippen LogP) is 4.73. The lowest BCUT2D eigenvalue weighted by Gasteiger charge is -2.14. The van der Waals surface area contributed by atoms with Crippen LogP contribution in [0.3, 0.4) is 0 Å². The zero-order valence-corrected chi connectivity index (χ0v) is 16.9. The molecule has 4 rings (SSSR count). The molecule has 1 aliphatic heterocycles. The molecule has 2 aromatic rings. The second-order valence-electron chi connectivity index (χ2n) is 8.31. The number of thioether (sulfide) groups is 1. The zero-order chi connectivity index (χ0) is 19.9. The van der Waals surface area contributed by atoms with E-state index in [1.807, 2.05) is 56.3 Å². The van der Waals surface area contributed by atoms with E-state index in [9.17, 15) is 14.7 Å². The Morgan fingerprint density at radius 2 is 2.04 bits per heavy atom. The first-order chi connectivity index (χ1) is 13.3. The lowest BCUT2D eigenvalue weighted by Crippen LogP contribution is -2.24. The molecule has 0 radical (unpaired) electrons. The molecule has 5 heteroatoms. The molecule has 0 unspecified atom stereocenters. The second-order valence-corrected chi connectivity index (χ2v) is 9.38. The van der Waals surface area contributed by atoms with Gasteiger partial charge in [0.2, 0.25) is 5.12 Å². The molecule has 1 aromatic carbocycles. The molecule has 4 nitrogen and oxygen atoms in total. The molecule has 2 atom stereocenters. The minimum atomic E-state index is -0.901. The molecular weight excluding hydrogens is 372 g/mol. The van der Waals surface area contributed by atoms with Crippen LogP contribution in [0.15, 0.2) is 58.7 Å². The molecule has 1 aromatic heterocycles. The van der Waals surface area contributed by atoms with E-state index in [0.717, 1.165) is 34.6 Å². The number of hydrogen-bond acceptors (Lipinski definition) is 4. The molecule has 1 aliphatic carbocycles. The molecule has 0 spiro atoms. The first kappa shape index (κ1) is 19.1. The fourth-order valence-corrected chi connectivity index (χ4v) is 5.46. The third-order valence-corrected chi connectivity index (χ3v) is 7.34. The number of carboxylic acids is 1. The smallest absolute Gasteiger partial charge is 0.311 e. The number of rotatable bonds is 6. The van der Waals surface area contributed by atoms with Gasteiger partial charge in [0, 0.05) is 23.7 Å². The summed E-state index contributed by atoms with van der Waals surface area (Å²) in [5, 5.41) is 10.2. The van der Waals surface area contributed by atoms with Gasteiger partial charge < -0.3 is 9.52 Å². The first-order valence-electron chi connectivity index (χ1n) is 9.56. The highest BCUT2D eigenvalue weighted by Crippen LogP contribution is 2.71. The number of carboxylic acid groups (broad SMARTS) is 1. The summed E-state index contributed by atoms with van der Waals surface area (Å²) in [6, 6.07) is 12.0. The Balaban J connectivity index is 1.56. The van der Waals surface area contributed by atoms with Crippen molar-refractivity contribution in [2.75, 3.05) is 5.75 Å². The van der Waals surface area contributed by atoms with Crippen LogP contribution < -0.4 is 0 Å². The molecule has 2 fully saturated rings. The van der Waals surface area contributed by atoms with Crippen LogP contribution in [0.1, 0.15) is 37.2 Å². The molecule has 0 bridgehead atoms. The van der Waals surface area contributed by atoms with Crippen molar-refractivity contribution in [1.82, 2.24) is 0 Å². The molecule has 1 N–H and O–H groups in total. The van der Waals surface area contributed by atoms with E-state index < -0.39 is 16.8 Å². The van der Waals surface area contributed by atoms with Gasteiger partial charge in [0.15, 0.2) is 0 Å². The first-order valence-corrected chi connectivity index (χ1v) is 10.5. The second kappa shape index (κ2) is 6.96. The van der Waals surface area contributed by atoms with Crippen LogP contribution in [0.4, 0.5) is 0 Å². The molecule has 2 aliphatic rings. The molecule has 146 valence electrons. The van der Waals surface area contributed by atoms with Crippen molar-refractivity contribution in [2.24, 2.45) is 16.7 Å². The zero-order valence-electron chi connectivity index (χ0n) is 16.1. The standard InChI is InChI=1S/C23H24O4S/c1-22(2)19(12-17-8-9-28-20(17)24)23(22,21(25)26)13-16-11-18(27-14-16)10-15-6-4-3-5-7-15/h3-7,11-12,14,19H,8-10,13H2,1-2H3,(H,25,26)/t19-,23-/m0/s1. The van der Waals surface area contributed by atoms with E-state index in [-0.39, 0.29) is 11.0 Å². The monoisotopic (exact) mass is 396 g/mol. The Kier molecular flexibility index (Phi) is 4.74. The molecule has 1 saturated carbocycles. The summed E-state index contributed by atoms with van der Waals surface area (Å²) in [5.74, 6) is 0.672. The van der Waals surface area contributed by atoms with Gasteiger partial charge in [-0.3, -0.25) is 9.59 Å². The van der Waals surface area contributed by atoms with E-state index in [0.29, 0.717) is 12.8 Å². The molecule has 28 heavy (non-hydrogen) atoms. The molecule has 1 saturated heterocycles. The van der Waals surface area contributed by atoms with Crippen molar-refractivity contribution in [3.63, 3.8) is 0 Å². The SMILES string of the molecule is CC1(C)[C@H](C=C2CCSC2=O)[C@@]1(Cc1coc(Cc2ccccc2)c1)C(=O)O. The Morgan fingerprint density at radius 3 is 2.68 bits per heavy atom. The predicted molar refractivity (Wildman–Crippen MR) is 109 cm³/mol. The lowest BCUT2D eigenvalue weighted by molar-refractivity contribution is -0.145. The third kappa shape index (κ3) is 3.12. The minimum Gasteiger partial charge on any atom is -0.481 e. The van der Waals surface area contributed by atoms with E-state index >= 15 is 0 Å². The number of benzene rings is 1. The third-order valence-electron chi connectivity index (χ3n) is 6.40. The average Bonchev–Trinajstić information content (AvgIpc) is 3.04. The van der Waals surface area contributed by atoms with E-state index in [1.165, 1.54) is 11.8 Å². The number of carbonyl (C=O) groups is 2. The lowest BCUT2D eigenvalue weighted by atomic mass is 9.89. The van der Waals surface area contributed by atoms with Crippen molar-refractivity contribution in [3.05, 3.63) is 71.2 Å². The highest BCUT2D eigenvalue weighted by molar-refractivity contribution is 8.14. The van der Waals surface area contributed by atoms with Gasteiger partial charge in [-0.2, -0.15) is 0 Å². The van der Waals surface area contributed by atoms with Gasteiger partial charge in [-0.1, -0.05) is 62.0 Å². The van der Waals surface area contributed by atoms with Crippen LogP contribution in [0.2, 0.25) is 0 Å². The fraction of sp³-hybridized carbons (Fsp3) is 0.391. The van der Waals surface area contributed by atoms with Crippen LogP contribution in [-0.4, -0.2) is 21.9 Å². The highest BCUT2D eigenvalue weighted by Gasteiger charge is 2.74. The van der Waals surface area contributed by atoms with E-state index in [2.05, 4.69) is 0 Å². The summed E-state index contributed by atoms with van der Waals surface area (Å²) < 4.78 is 5.71. The van der Waals surface area contributed by atoms with Gasteiger partial charge in [-0.05, 0) is 35.4 Å². The summed E-state index contributed by atoms with van der Waals surface area (Å²) in [5.41, 5.74) is 1.53. The Morgan fingerprint density at radius 1 is 1.29 bits per heavy atom. The highest BCUT2D eigenvalue weighted by atomic mass is 32.2. The number of hydrogen-bond donors (Lipinski definition) is 1. The Hall–Kier alpha value is -2.27. The average molecular weight is 397 g/mol. The van der Waals surface area contributed by atoms with E-state index in [4.69, 9.17) is 4.42 Å². The van der Waals surface area contributed by atoms with Crippen LogP contribution in [0, 0.1) is 16.7 Å². The van der Waals surface area contributed by atoms with Crippen molar-refractivity contribution in [1.29, 1.82) is 0 Å². The molecular formula is C23H24O4S. The van der Waals surface area contributed by atoms with Crippen LogP contribution >= 0.6 is 11.8 Å². The fourth-order valence-electron chi connectivity index (χ4n) is 4.60. The van der Waals surface area contributed by atoms with Crippen molar-refractivity contribution in [2.45, 2.75) is 33.1 Å². The topological polar surface area (TPSA) is 67.5 Å². The Bertz CT molecular complexity index is 941. The Labute approximate surface area is 169 Å². The van der Waals surface area contributed by atoms with Crippen molar-refractivity contribution in [3.8, 4) is 0 Å². The van der Waals surface area contributed by atoms with Gasteiger partial charge in [0.25, 0.3) is 0 Å². The maximum Gasteiger partial charge on any atom is 0.311 e. The molecule has 0 amide bonds. The normalized spacial score (nSPS) is 27.3. The maximum atomic E-state index is 12.3. The van der Waals surface area contributed by atoms with Crippen LogP contribution in [0.5, 0.6) is 0 Å². The van der Waals surface area contributed by atoms with Crippen molar-refractivity contribution >= 4 is 22.8 Å². The number of carbonyl (C=O) groups excluding carboxylic acids is 1. The van der Waals surface area contributed by atoms with Crippen molar-refractivity contribution < 1.29 is 19.1 Å². The van der Waals surface area contributed by atoms with Gasteiger partial charge in [0.05, 0.1) is 11.7 Å². The van der Waals surface area contributed by atoms with Crippen LogP contribution in [0.25, 0.3) is 0 Å². The van der Waals surface area contributed by atoms with Crippen LogP contribution in [-0.2, 0) is 22.4 Å². The van der Waals surface area contributed by atoms with Gasteiger partial charge >= 0.3 is 5.97 Å². The minimum absolute atomic E-state index is 0.0930. The van der Waals surface area contributed by atoms with Gasteiger partial charge in [0.1, 0.15) is 5.76 Å². The summed E-state index contributed by atoms with van der Waals surface area (Å²) in [7, 11) is 0. The largest absolute Gasteiger partial charge is 0.481 e. The summed E-state index contributed by atoms with van der Waals surface area (Å²) in [6.45, 7) is 3.97. The number of allylic oxidation sites excluding steroid dienone is 1. The summed E-state index contributed by atoms with van der Waals surface area (Å²) in [6.07, 6.45) is 5.44. The quantitative estimate of drug-likeness (QED) is 0.715. The number of furan rings is 1. The van der Waals surface area contributed by atoms with Gasteiger partial charge in [-0.25, -0.2) is 0 Å². The van der Waals surface area contributed by atoms with E-state index in [1.54, 1.807) is 6.26 Å². The summed E-state index contributed by atoms with van der Waals surface area (Å²) in [4.78, 5) is 24.3. The maximum absolute atomic E-state index is 12.3. The molecule has 2 heterocycles. The number of aliphatic carboxylic acids is 1. The summed E-state index contributed by atoms with van der Waals surface area (Å²) >= 11 is 1.32.